The molecule has 1 aromatic heterocycles. The van der Waals surface area contributed by atoms with Crippen LogP contribution in [0.3, 0.4) is 0 Å². The standard InChI is InChI=1S/C15H20N2O2/c1-2-19-15-14(9-6-10-18)12-17(16-15)11-13-7-4-3-5-8-13/h3-5,7-8,12,18H,2,6,9-11H2,1H3. The zero-order valence-electron chi connectivity index (χ0n) is 11.2. The van der Waals surface area contributed by atoms with Gasteiger partial charge >= 0.3 is 0 Å². The Balaban J connectivity index is 2.12. The molecule has 0 fully saturated rings. The largest absolute Gasteiger partial charge is 0.477 e. The maximum atomic E-state index is 8.92. The summed E-state index contributed by atoms with van der Waals surface area (Å²) in [5.74, 6) is 0.687. The fraction of sp³-hybridized carbons (Fsp3) is 0.400. The van der Waals surface area contributed by atoms with Gasteiger partial charge in [-0.3, -0.25) is 4.68 Å². The summed E-state index contributed by atoms with van der Waals surface area (Å²) in [5, 5.41) is 13.4. The third-order valence-electron chi connectivity index (χ3n) is 2.87. The van der Waals surface area contributed by atoms with Crippen molar-refractivity contribution < 1.29 is 9.84 Å². The summed E-state index contributed by atoms with van der Waals surface area (Å²) < 4.78 is 7.43. The molecule has 2 rings (SSSR count). The fourth-order valence-electron chi connectivity index (χ4n) is 2.00. The maximum absolute atomic E-state index is 8.92. The molecule has 1 heterocycles. The van der Waals surface area contributed by atoms with Crippen molar-refractivity contribution in [2.24, 2.45) is 0 Å². The van der Waals surface area contributed by atoms with E-state index in [4.69, 9.17) is 9.84 Å². The fourth-order valence-corrected chi connectivity index (χ4v) is 2.00. The Bertz CT molecular complexity index is 494. The van der Waals surface area contributed by atoms with E-state index in [9.17, 15) is 0 Å². The van der Waals surface area contributed by atoms with Crippen LogP contribution in [0.1, 0.15) is 24.5 Å². The quantitative estimate of drug-likeness (QED) is 0.830. The van der Waals surface area contributed by atoms with E-state index < -0.39 is 0 Å². The SMILES string of the molecule is CCOc1nn(Cc2ccccc2)cc1CCCO. The molecule has 0 saturated heterocycles. The Morgan fingerprint density at radius 1 is 1.26 bits per heavy atom. The van der Waals surface area contributed by atoms with Crippen LogP contribution in [0.25, 0.3) is 0 Å². The number of nitrogens with zero attached hydrogens (tertiary/aromatic N) is 2. The van der Waals surface area contributed by atoms with Gasteiger partial charge in [0.05, 0.1) is 13.2 Å². The normalized spacial score (nSPS) is 10.6. The monoisotopic (exact) mass is 260 g/mol. The summed E-state index contributed by atoms with van der Waals surface area (Å²) in [6.07, 6.45) is 3.53. The average molecular weight is 260 g/mol. The lowest BCUT2D eigenvalue weighted by atomic mass is 10.2. The van der Waals surface area contributed by atoms with Crippen LogP contribution in [0, 0.1) is 0 Å². The Labute approximate surface area is 113 Å². The average Bonchev–Trinajstić information content (AvgIpc) is 2.80. The predicted molar refractivity (Wildman–Crippen MR) is 74.3 cm³/mol. The van der Waals surface area contributed by atoms with Crippen molar-refractivity contribution >= 4 is 0 Å². The minimum atomic E-state index is 0.190. The molecular formula is C15H20N2O2. The first-order valence-electron chi connectivity index (χ1n) is 6.67. The van der Waals surface area contributed by atoms with Crippen LogP contribution < -0.4 is 4.74 Å². The van der Waals surface area contributed by atoms with E-state index in [1.54, 1.807) is 0 Å². The molecule has 19 heavy (non-hydrogen) atoms. The zero-order valence-corrected chi connectivity index (χ0v) is 11.2. The lowest BCUT2D eigenvalue weighted by Gasteiger charge is -2.01. The number of rotatable bonds is 7. The summed E-state index contributed by atoms with van der Waals surface area (Å²) >= 11 is 0. The number of aryl methyl sites for hydroxylation is 1. The molecule has 2 aromatic rings. The van der Waals surface area contributed by atoms with Gasteiger partial charge in [0.2, 0.25) is 5.88 Å². The molecule has 0 saturated carbocycles. The van der Waals surface area contributed by atoms with Gasteiger partial charge in [0, 0.05) is 18.4 Å². The number of hydrogen-bond donors (Lipinski definition) is 1. The molecule has 0 amide bonds. The second-order valence-corrected chi connectivity index (χ2v) is 4.40. The van der Waals surface area contributed by atoms with Crippen LogP contribution in [0.15, 0.2) is 36.5 Å². The highest BCUT2D eigenvalue weighted by molar-refractivity contribution is 5.24. The Morgan fingerprint density at radius 2 is 2.05 bits per heavy atom. The van der Waals surface area contributed by atoms with Crippen molar-refractivity contribution in [2.75, 3.05) is 13.2 Å². The third-order valence-corrected chi connectivity index (χ3v) is 2.87. The number of aliphatic hydroxyl groups is 1. The maximum Gasteiger partial charge on any atom is 0.235 e. The summed E-state index contributed by atoms with van der Waals surface area (Å²) in [6, 6.07) is 10.2. The number of hydrogen-bond acceptors (Lipinski definition) is 3. The lowest BCUT2D eigenvalue weighted by Crippen LogP contribution is -2.01. The van der Waals surface area contributed by atoms with Gasteiger partial charge < -0.3 is 9.84 Å². The van der Waals surface area contributed by atoms with Gasteiger partial charge in [0.25, 0.3) is 0 Å². The van der Waals surface area contributed by atoms with Crippen LogP contribution in [0.5, 0.6) is 5.88 Å². The zero-order chi connectivity index (χ0) is 13.5. The summed E-state index contributed by atoms with van der Waals surface area (Å²) in [6.45, 7) is 3.48. The molecule has 0 bridgehead atoms. The van der Waals surface area contributed by atoms with Crippen molar-refractivity contribution in [1.82, 2.24) is 9.78 Å². The molecule has 4 nitrogen and oxygen atoms in total. The van der Waals surface area contributed by atoms with E-state index in [1.807, 2.05) is 36.0 Å². The van der Waals surface area contributed by atoms with E-state index in [0.717, 1.165) is 24.9 Å². The van der Waals surface area contributed by atoms with Gasteiger partial charge in [0.15, 0.2) is 0 Å². The summed E-state index contributed by atoms with van der Waals surface area (Å²) in [7, 11) is 0. The Hall–Kier alpha value is -1.81. The van der Waals surface area contributed by atoms with Crippen molar-refractivity contribution in [3.8, 4) is 5.88 Å². The molecule has 0 aliphatic carbocycles. The van der Waals surface area contributed by atoms with Crippen molar-refractivity contribution in [3.05, 3.63) is 47.7 Å². The first-order chi connectivity index (χ1) is 9.33. The molecular weight excluding hydrogens is 240 g/mol. The molecule has 0 aliphatic heterocycles. The summed E-state index contributed by atoms with van der Waals surface area (Å²) in [4.78, 5) is 0. The van der Waals surface area contributed by atoms with Gasteiger partial charge in [0.1, 0.15) is 0 Å². The van der Waals surface area contributed by atoms with E-state index in [-0.39, 0.29) is 6.61 Å². The first kappa shape index (κ1) is 13.6. The highest BCUT2D eigenvalue weighted by Crippen LogP contribution is 2.18. The van der Waals surface area contributed by atoms with E-state index in [2.05, 4.69) is 17.2 Å². The van der Waals surface area contributed by atoms with Crippen LogP contribution in [0.4, 0.5) is 0 Å². The third kappa shape index (κ3) is 3.83. The predicted octanol–water partition coefficient (Wildman–Crippen LogP) is 2.26. The molecule has 0 spiro atoms. The van der Waals surface area contributed by atoms with Crippen LogP contribution in [0.2, 0.25) is 0 Å². The van der Waals surface area contributed by atoms with Crippen molar-refractivity contribution in [2.45, 2.75) is 26.3 Å². The summed E-state index contributed by atoms with van der Waals surface area (Å²) in [5.41, 5.74) is 2.27. The van der Waals surface area contributed by atoms with E-state index in [0.29, 0.717) is 12.5 Å². The Morgan fingerprint density at radius 3 is 2.74 bits per heavy atom. The minimum Gasteiger partial charge on any atom is -0.477 e. The van der Waals surface area contributed by atoms with Gasteiger partial charge in [-0.2, -0.15) is 0 Å². The molecule has 0 radical (unpaired) electrons. The lowest BCUT2D eigenvalue weighted by molar-refractivity contribution is 0.286. The van der Waals surface area contributed by atoms with E-state index >= 15 is 0 Å². The molecule has 0 aliphatic rings. The van der Waals surface area contributed by atoms with Crippen LogP contribution in [-0.4, -0.2) is 28.1 Å². The highest BCUT2D eigenvalue weighted by atomic mass is 16.5. The van der Waals surface area contributed by atoms with Gasteiger partial charge in [-0.05, 0) is 25.3 Å². The van der Waals surface area contributed by atoms with Crippen molar-refractivity contribution in [1.29, 1.82) is 0 Å². The van der Waals surface area contributed by atoms with Gasteiger partial charge in [-0.15, -0.1) is 5.10 Å². The topological polar surface area (TPSA) is 47.3 Å². The Kier molecular flexibility index (Phi) is 4.98. The number of aromatic nitrogens is 2. The van der Waals surface area contributed by atoms with E-state index in [1.165, 1.54) is 5.56 Å². The first-order valence-corrected chi connectivity index (χ1v) is 6.67. The number of aliphatic hydroxyl groups excluding tert-OH is 1. The second kappa shape index (κ2) is 6.95. The van der Waals surface area contributed by atoms with Gasteiger partial charge in [-0.1, -0.05) is 30.3 Å². The van der Waals surface area contributed by atoms with Crippen molar-refractivity contribution in [3.63, 3.8) is 0 Å². The molecule has 1 aromatic carbocycles. The molecule has 0 atom stereocenters. The smallest absolute Gasteiger partial charge is 0.235 e. The molecule has 4 heteroatoms. The van der Waals surface area contributed by atoms with Gasteiger partial charge in [-0.25, -0.2) is 0 Å². The van der Waals surface area contributed by atoms with Crippen LogP contribution >= 0.6 is 0 Å². The number of benzene rings is 1. The highest BCUT2D eigenvalue weighted by Gasteiger charge is 2.09. The van der Waals surface area contributed by atoms with Crippen LogP contribution in [-0.2, 0) is 13.0 Å². The molecule has 1 N–H and O–H groups in total. The number of ether oxygens (including phenoxy) is 1. The minimum absolute atomic E-state index is 0.190. The molecule has 0 unspecified atom stereocenters. The second-order valence-electron chi connectivity index (χ2n) is 4.40. The molecule has 102 valence electrons.